The molecule has 0 radical (unpaired) electrons. The third-order valence-electron chi connectivity index (χ3n) is 2.73. The second-order valence-corrected chi connectivity index (χ2v) is 4.21. The molecule has 6 heteroatoms. The third-order valence-corrected chi connectivity index (χ3v) is 2.73. The Morgan fingerprint density at radius 3 is 2.60 bits per heavy atom. The van der Waals surface area contributed by atoms with Gasteiger partial charge in [0.1, 0.15) is 11.6 Å². The van der Waals surface area contributed by atoms with Gasteiger partial charge in [0, 0.05) is 24.5 Å². The molecule has 0 aliphatic carbocycles. The molecule has 2 aromatic rings. The molecule has 0 heterocycles. The number of halogens is 2. The number of amides is 2. The van der Waals surface area contributed by atoms with Crippen LogP contribution in [-0.4, -0.2) is 13.1 Å². The highest BCUT2D eigenvalue weighted by atomic mass is 19.1. The summed E-state index contributed by atoms with van der Waals surface area (Å²) in [4.78, 5) is 13.3. The lowest BCUT2D eigenvalue weighted by Gasteiger charge is -2.18. The predicted octanol–water partition coefficient (Wildman–Crippen LogP) is 3.22. The molecule has 0 bridgehead atoms. The highest BCUT2D eigenvalue weighted by Gasteiger charge is 2.13. The van der Waals surface area contributed by atoms with Crippen molar-refractivity contribution in [3.63, 3.8) is 0 Å². The number of carbonyl (C=O) groups is 1. The Labute approximate surface area is 114 Å². The van der Waals surface area contributed by atoms with Crippen LogP contribution in [0.15, 0.2) is 42.5 Å². The summed E-state index contributed by atoms with van der Waals surface area (Å²) in [7, 11) is 1.52. The molecule has 3 N–H and O–H groups in total. The summed E-state index contributed by atoms with van der Waals surface area (Å²) in [5, 5.41) is 2.36. The fraction of sp³-hybridized carbons (Fsp3) is 0.0714. The Kier molecular flexibility index (Phi) is 3.84. The van der Waals surface area contributed by atoms with Gasteiger partial charge in [-0.2, -0.15) is 0 Å². The fourth-order valence-electron chi connectivity index (χ4n) is 1.64. The highest BCUT2D eigenvalue weighted by Crippen LogP contribution is 2.19. The van der Waals surface area contributed by atoms with Gasteiger partial charge in [0.15, 0.2) is 0 Å². The van der Waals surface area contributed by atoms with Crippen molar-refractivity contribution in [1.29, 1.82) is 0 Å². The number of hydrogen-bond acceptors (Lipinski definition) is 2. The molecule has 0 saturated heterocycles. The second kappa shape index (κ2) is 5.56. The summed E-state index contributed by atoms with van der Waals surface area (Å²) >= 11 is 0. The smallest absolute Gasteiger partial charge is 0.326 e. The van der Waals surface area contributed by atoms with Gasteiger partial charge in [-0.3, -0.25) is 4.90 Å². The Balaban J connectivity index is 2.15. The van der Waals surface area contributed by atoms with E-state index >= 15 is 0 Å². The number of carbonyl (C=O) groups excluding carboxylic acids is 1. The summed E-state index contributed by atoms with van der Waals surface area (Å²) in [6.07, 6.45) is 0. The average Bonchev–Trinajstić information content (AvgIpc) is 2.41. The highest BCUT2D eigenvalue weighted by molar-refractivity contribution is 6.01. The van der Waals surface area contributed by atoms with Gasteiger partial charge >= 0.3 is 6.03 Å². The Morgan fingerprint density at radius 2 is 1.95 bits per heavy atom. The van der Waals surface area contributed by atoms with Crippen molar-refractivity contribution in [1.82, 2.24) is 0 Å². The molecule has 2 amide bonds. The number of anilines is 3. The molecule has 4 nitrogen and oxygen atoms in total. The minimum atomic E-state index is -0.834. The number of nitrogens with zero attached hydrogens (tertiary/aromatic N) is 1. The molecule has 0 aromatic heterocycles. The molecule has 0 aliphatic heterocycles. The maximum atomic E-state index is 13.4. The van der Waals surface area contributed by atoms with Gasteiger partial charge in [0.05, 0.1) is 5.69 Å². The van der Waals surface area contributed by atoms with E-state index < -0.39 is 17.7 Å². The van der Waals surface area contributed by atoms with Crippen LogP contribution >= 0.6 is 0 Å². The van der Waals surface area contributed by atoms with Crippen LogP contribution in [0.3, 0.4) is 0 Å². The molecule has 104 valence electrons. The van der Waals surface area contributed by atoms with Crippen molar-refractivity contribution in [3.05, 3.63) is 54.1 Å². The first kappa shape index (κ1) is 13.8. The van der Waals surface area contributed by atoms with Gasteiger partial charge in [-0.1, -0.05) is 6.07 Å². The van der Waals surface area contributed by atoms with Crippen molar-refractivity contribution in [2.24, 2.45) is 0 Å². The minimum Gasteiger partial charge on any atom is -0.399 e. The summed E-state index contributed by atoms with van der Waals surface area (Å²) < 4.78 is 26.2. The summed E-state index contributed by atoms with van der Waals surface area (Å²) in [6, 6.07) is 9.07. The van der Waals surface area contributed by atoms with E-state index in [1.807, 2.05) is 0 Å². The molecular weight excluding hydrogens is 264 g/mol. The molecule has 20 heavy (non-hydrogen) atoms. The second-order valence-electron chi connectivity index (χ2n) is 4.21. The Bertz CT molecular complexity index is 646. The summed E-state index contributed by atoms with van der Waals surface area (Å²) in [6.45, 7) is 0. The molecular formula is C14H13F2N3O. The molecule has 2 rings (SSSR count). The standard InChI is InChI=1S/C14H13F2N3O/c1-19(11-4-2-3-10(17)8-11)14(20)18-13-6-5-9(15)7-12(13)16/h2-8H,17H2,1H3,(H,18,20). The lowest BCUT2D eigenvalue weighted by atomic mass is 10.2. The van der Waals surface area contributed by atoms with Gasteiger partial charge in [-0.25, -0.2) is 13.6 Å². The molecule has 0 atom stereocenters. The molecule has 0 fully saturated rings. The lowest BCUT2D eigenvalue weighted by Crippen LogP contribution is -2.31. The van der Waals surface area contributed by atoms with Crippen LogP contribution in [0.2, 0.25) is 0 Å². The molecule has 2 aromatic carbocycles. The van der Waals surface area contributed by atoms with Crippen molar-refractivity contribution < 1.29 is 13.6 Å². The number of nitrogen functional groups attached to an aromatic ring is 1. The van der Waals surface area contributed by atoms with E-state index in [4.69, 9.17) is 5.73 Å². The van der Waals surface area contributed by atoms with Crippen molar-refractivity contribution in [2.75, 3.05) is 23.0 Å². The molecule has 0 spiro atoms. The van der Waals surface area contributed by atoms with E-state index in [0.717, 1.165) is 12.1 Å². The molecule has 0 aliphatic rings. The first-order valence-corrected chi connectivity index (χ1v) is 5.82. The van der Waals surface area contributed by atoms with Crippen LogP contribution in [0.25, 0.3) is 0 Å². The van der Waals surface area contributed by atoms with Gasteiger partial charge in [-0.05, 0) is 30.3 Å². The lowest BCUT2D eigenvalue weighted by molar-refractivity contribution is 0.258. The fourth-order valence-corrected chi connectivity index (χ4v) is 1.64. The number of urea groups is 1. The first-order valence-electron chi connectivity index (χ1n) is 5.82. The maximum Gasteiger partial charge on any atom is 0.326 e. The van der Waals surface area contributed by atoms with E-state index in [1.165, 1.54) is 11.9 Å². The van der Waals surface area contributed by atoms with Crippen LogP contribution in [-0.2, 0) is 0 Å². The van der Waals surface area contributed by atoms with Crippen molar-refractivity contribution >= 4 is 23.1 Å². The van der Waals surface area contributed by atoms with Gasteiger partial charge < -0.3 is 11.1 Å². The largest absolute Gasteiger partial charge is 0.399 e. The monoisotopic (exact) mass is 277 g/mol. The maximum absolute atomic E-state index is 13.4. The number of benzene rings is 2. The Morgan fingerprint density at radius 1 is 1.20 bits per heavy atom. The van der Waals surface area contributed by atoms with Crippen molar-refractivity contribution in [2.45, 2.75) is 0 Å². The van der Waals surface area contributed by atoms with E-state index in [2.05, 4.69) is 5.32 Å². The van der Waals surface area contributed by atoms with Gasteiger partial charge in [0.2, 0.25) is 0 Å². The molecule has 0 saturated carbocycles. The number of rotatable bonds is 2. The molecule has 0 unspecified atom stereocenters. The SMILES string of the molecule is CN(C(=O)Nc1ccc(F)cc1F)c1cccc(N)c1. The van der Waals surface area contributed by atoms with Crippen LogP contribution < -0.4 is 16.0 Å². The van der Waals surface area contributed by atoms with E-state index in [1.54, 1.807) is 24.3 Å². The van der Waals surface area contributed by atoms with E-state index in [-0.39, 0.29) is 5.69 Å². The Hall–Kier alpha value is -2.63. The zero-order valence-corrected chi connectivity index (χ0v) is 10.7. The number of nitrogens with one attached hydrogen (secondary N) is 1. The third kappa shape index (κ3) is 3.03. The van der Waals surface area contributed by atoms with Crippen LogP contribution in [0.5, 0.6) is 0 Å². The van der Waals surface area contributed by atoms with Gasteiger partial charge in [-0.15, -0.1) is 0 Å². The summed E-state index contributed by atoms with van der Waals surface area (Å²) in [5.41, 5.74) is 6.61. The van der Waals surface area contributed by atoms with Crippen LogP contribution in [0.1, 0.15) is 0 Å². The number of nitrogens with two attached hydrogens (primary N) is 1. The van der Waals surface area contributed by atoms with Gasteiger partial charge in [0.25, 0.3) is 0 Å². The summed E-state index contributed by atoms with van der Waals surface area (Å²) in [5.74, 6) is -1.54. The van der Waals surface area contributed by atoms with Crippen LogP contribution in [0.4, 0.5) is 30.6 Å². The quantitative estimate of drug-likeness (QED) is 0.828. The zero-order valence-electron chi connectivity index (χ0n) is 10.7. The minimum absolute atomic E-state index is 0.0906. The average molecular weight is 277 g/mol. The van der Waals surface area contributed by atoms with E-state index in [0.29, 0.717) is 17.4 Å². The van der Waals surface area contributed by atoms with Crippen molar-refractivity contribution in [3.8, 4) is 0 Å². The van der Waals surface area contributed by atoms with E-state index in [9.17, 15) is 13.6 Å². The topological polar surface area (TPSA) is 58.4 Å². The predicted molar refractivity (Wildman–Crippen MR) is 74.6 cm³/mol. The normalized spacial score (nSPS) is 10.2. The first-order chi connectivity index (χ1) is 9.47. The zero-order chi connectivity index (χ0) is 14.7. The number of hydrogen-bond donors (Lipinski definition) is 2. The van der Waals surface area contributed by atoms with Crippen LogP contribution in [0, 0.1) is 11.6 Å².